The molecule has 2 aliphatic rings. The largest absolute Gasteiger partial charge is 0.444 e. The third-order valence-electron chi connectivity index (χ3n) is 11.5. The fourth-order valence-corrected chi connectivity index (χ4v) is 9.44. The van der Waals surface area contributed by atoms with E-state index in [4.69, 9.17) is 25.0 Å². The van der Waals surface area contributed by atoms with E-state index >= 15 is 0 Å². The molecule has 2 aliphatic heterocycles. The molecule has 0 bridgehead atoms. The average Bonchev–Trinajstić information content (AvgIpc) is 3.72. The fourth-order valence-electron chi connectivity index (χ4n) is 8.27. The molecule has 6 aromatic heterocycles. The molecule has 22 heteroatoms. The topological polar surface area (TPSA) is 249 Å². The summed E-state index contributed by atoms with van der Waals surface area (Å²) in [6.45, 7) is 12.2. The first kappa shape index (κ1) is 45.6. The van der Waals surface area contributed by atoms with E-state index in [0.717, 1.165) is 69.8 Å². The first-order valence-electron chi connectivity index (χ1n) is 21.2. The van der Waals surface area contributed by atoms with Crippen LogP contribution in [0, 0.1) is 25.5 Å². The minimum absolute atomic E-state index is 0.0816. The van der Waals surface area contributed by atoms with Crippen molar-refractivity contribution in [1.29, 1.82) is 0 Å². The van der Waals surface area contributed by atoms with Crippen molar-refractivity contribution in [1.82, 2.24) is 49.3 Å². The fraction of sp³-hybridized carbons (Fsp3) is 0.311. The summed E-state index contributed by atoms with van der Waals surface area (Å²) in [7, 11) is -8.30. The molecule has 18 nitrogen and oxygen atoms in total. The van der Waals surface area contributed by atoms with Crippen LogP contribution in [0.3, 0.4) is 0 Å². The number of rotatable bonds is 8. The minimum atomic E-state index is -4.18. The number of sulfonamides is 2. The summed E-state index contributed by atoms with van der Waals surface area (Å²) in [5.74, 6) is -0.0406. The lowest BCUT2D eigenvalue weighted by molar-refractivity contribution is 0.00729. The number of nitrogens with one attached hydrogen (secondary N) is 1. The van der Waals surface area contributed by atoms with Crippen LogP contribution in [0.2, 0.25) is 0 Å². The lowest BCUT2D eigenvalue weighted by atomic mass is 9.99. The van der Waals surface area contributed by atoms with E-state index < -0.39 is 47.1 Å². The second-order valence-electron chi connectivity index (χ2n) is 17.8. The number of carbonyl (C=O) groups excluding carboxylic acids is 1. The maximum absolute atomic E-state index is 14.6. The van der Waals surface area contributed by atoms with Crippen molar-refractivity contribution >= 4 is 70.3 Å². The highest BCUT2D eigenvalue weighted by atomic mass is 32.2. The highest BCUT2D eigenvalue weighted by molar-refractivity contribution is 7.89. The summed E-state index contributed by atoms with van der Waals surface area (Å²) in [6, 6.07) is 15.5. The Morgan fingerprint density at radius 1 is 0.701 bits per heavy atom. The first-order valence-corrected chi connectivity index (χ1v) is 24.3. The molecule has 348 valence electrons. The molecule has 10 rings (SSSR count). The van der Waals surface area contributed by atoms with Crippen molar-refractivity contribution in [2.45, 2.75) is 74.9 Å². The minimum Gasteiger partial charge on any atom is -0.444 e. The Bertz CT molecular complexity index is 3530. The number of fused-ring (bicyclic) bond motifs is 6. The Kier molecular flexibility index (Phi) is 11.5. The van der Waals surface area contributed by atoms with Gasteiger partial charge in [-0.1, -0.05) is 12.1 Å². The van der Waals surface area contributed by atoms with Gasteiger partial charge in [-0.3, -0.25) is 0 Å². The quantitative estimate of drug-likeness (QED) is 0.176. The van der Waals surface area contributed by atoms with Gasteiger partial charge in [-0.15, -0.1) is 0 Å². The van der Waals surface area contributed by atoms with Gasteiger partial charge in [0.1, 0.15) is 49.7 Å². The third-order valence-corrected chi connectivity index (χ3v) is 13.4. The molecule has 0 spiro atoms. The number of carbonyl (C=O) groups is 1. The molecule has 2 fully saturated rings. The molecule has 1 amide bonds. The molecule has 0 unspecified atom stereocenters. The molecule has 2 saturated heterocycles. The molecule has 5 N–H and O–H groups in total. The number of benzene rings is 2. The monoisotopic (exact) mass is 952 g/mol. The Hall–Kier alpha value is -6.59. The molecule has 0 atom stereocenters. The Labute approximate surface area is 383 Å². The summed E-state index contributed by atoms with van der Waals surface area (Å²) in [5.41, 5.74) is 6.45. The van der Waals surface area contributed by atoms with Crippen LogP contribution in [0.5, 0.6) is 0 Å². The number of aryl methyl sites for hydroxylation is 2. The predicted octanol–water partition coefficient (Wildman–Crippen LogP) is 5.27. The van der Waals surface area contributed by atoms with E-state index in [0.29, 0.717) is 53.4 Å². The third kappa shape index (κ3) is 9.13. The number of primary sulfonamides is 2. The lowest BCUT2D eigenvalue weighted by Crippen LogP contribution is -2.51. The number of amides is 1. The van der Waals surface area contributed by atoms with Crippen LogP contribution >= 0.6 is 0 Å². The van der Waals surface area contributed by atoms with Gasteiger partial charge < -0.3 is 24.1 Å². The van der Waals surface area contributed by atoms with Crippen LogP contribution in [0.1, 0.15) is 66.8 Å². The number of nitrogens with zero attached hydrogens (tertiary/aromatic N) is 9. The van der Waals surface area contributed by atoms with E-state index in [1.54, 1.807) is 23.4 Å². The molecular weight excluding hydrogens is 907 g/mol. The maximum Gasteiger partial charge on any atom is 0.410 e. The van der Waals surface area contributed by atoms with Gasteiger partial charge in [-0.2, -0.15) is 0 Å². The normalized spacial score (nSPS) is 14.9. The van der Waals surface area contributed by atoms with Gasteiger partial charge in [-0.25, -0.2) is 70.6 Å². The maximum atomic E-state index is 14.6. The van der Waals surface area contributed by atoms with Crippen LogP contribution in [0.25, 0.3) is 44.1 Å². The second-order valence-corrected chi connectivity index (χ2v) is 20.9. The van der Waals surface area contributed by atoms with Crippen molar-refractivity contribution in [3.05, 3.63) is 119 Å². The number of hydrogen-bond acceptors (Lipinski definition) is 13. The molecule has 0 radical (unpaired) electrons. The lowest BCUT2D eigenvalue weighted by Gasteiger charge is -2.39. The van der Waals surface area contributed by atoms with Crippen LogP contribution in [0.4, 0.5) is 13.6 Å². The number of imidazole rings is 2. The van der Waals surface area contributed by atoms with E-state index in [1.165, 1.54) is 18.2 Å². The summed E-state index contributed by atoms with van der Waals surface area (Å²) in [4.78, 5) is 40.6. The van der Waals surface area contributed by atoms with Gasteiger partial charge >= 0.3 is 6.09 Å². The van der Waals surface area contributed by atoms with Gasteiger partial charge in [0.05, 0.1) is 29.3 Å². The molecule has 67 heavy (non-hydrogen) atoms. The predicted molar refractivity (Wildman–Crippen MR) is 245 cm³/mol. The van der Waals surface area contributed by atoms with Gasteiger partial charge in [0.25, 0.3) is 0 Å². The van der Waals surface area contributed by atoms with Crippen molar-refractivity contribution in [2.75, 3.05) is 26.2 Å². The van der Waals surface area contributed by atoms with Crippen LogP contribution in [-0.2, 0) is 37.9 Å². The summed E-state index contributed by atoms with van der Waals surface area (Å²) in [5, 5.41) is 15.1. The second kappa shape index (κ2) is 16.9. The SMILES string of the molecule is Cc1ccc2c(ncc3nc(C4CN(C(=O)OC(C)(C)C)C4)n(Cc4ccc(S(N)(=O)=O)c(F)c4)c32)n1.Cc1ccc2c(ncc3nc(C4CNC4)n(Cc4ccc(S(N)(=O)=O)c(F)c4)c32)n1. The standard InChI is InChI=1S/C25H27FN6O4S.C20H19FN6O2S/c1-14-5-7-17-21-19(10-28-22(17)29-14)30-23(16-12-31(13-16)24(33)36-25(2,3)4)32(21)11-15-6-8-20(18(26)9-15)37(27,34)35;1-11-2-4-14-18-16(9-24-19(14)25-11)26-20(13-7-23-8-13)27(18)10-12-3-5-17(15(21)6-12)30(22,28)29/h5-10,16H,11-13H2,1-4H3,(H2,27,34,35);2-6,9,13,23H,7-8,10H2,1H3,(H2,22,28,29). The Balaban J connectivity index is 0.000000171. The number of aromatic nitrogens is 8. The summed E-state index contributed by atoms with van der Waals surface area (Å²) >= 11 is 0. The molecule has 2 aromatic carbocycles. The molecule has 0 aliphatic carbocycles. The number of ether oxygens (including phenoxy) is 1. The highest BCUT2D eigenvalue weighted by Crippen LogP contribution is 2.34. The molecule has 0 saturated carbocycles. The van der Waals surface area contributed by atoms with Crippen molar-refractivity contribution in [2.24, 2.45) is 10.3 Å². The van der Waals surface area contributed by atoms with Gasteiger partial charge in [-0.05, 0) is 94.3 Å². The molecular formula is C45H46F2N12O6S2. The van der Waals surface area contributed by atoms with Crippen molar-refractivity contribution in [3.8, 4) is 0 Å². The van der Waals surface area contributed by atoms with Crippen LogP contribution in [-0.4, -0.2) is 98.6 Å². The van der Waals surface area contributed by atoms with E-state index in [2.05, 4.69) is 25.3 Å². The smallest absolute Gasteiger partial charge is 0.410 e. The number of likely N-dealkylation sites (tertiary alicyclic amines) is 1. The van der Waals surface area contributed by atoms with Crippen LogP contribution < -0.4 is 15.6 Å². The Morgan fingerprint density at radius 3 is 1.54 bits per heavy atom. The van der Waals surface area contributed by atoms with Gasteiger partial charge in [0, 0.05) is 67.3 Å². The highest BCUT2D eigenvalue weighted by Gasteiger charge is 2.38. The summed E-state index contributed by atoms with van der Waals surface area (Å²) in [6.07, 6.45) is 2.97. The zero-order valence-electron chi connectivity index (χ0n) is 37.0. The summed E-state index contributed by atoms with van der Waals surface area (Å²) < 4.78 is 84.9. The average molecular weight is 953 g/mol. The van der Waals surface area contributed by atoms with Crippen molar-refractivity contribution < 1.29 is 35.1 Å². The Morgan fingerprint density at radius 2 is 1.15 bits per heavy atom. The van der Waals surface area contributed by atoms with Crippen LogP contribution in [0.15, 0.2) is 82.8 Å². The number of pyridine rings is 4. The zero-order chi connectivity index (χ0) is 47.7. The van der Waals surface area contributed by atoms with E-state index in [1.807, 2.05) is 68.0 Å². The number of halogens is 2. The van der Waals surface area contributed by atoms with E-state index in [-0.39, 0.29) is 24.5 Å². The van der Waals surface area contributed by atoms with E-state index in [9.17, 15) is 30.4 Å². The number of hydrogen-bond donors (Lipinski definition) is 3. The molecule has 8 heterocycles. The van der Waals surface area contributed by atoms with Crippen molar-refractivity contribution in [3.63, 3.8) is 0 Å². The van der Waals surface area contributed by atoms with Gasteiger partial charge in [0.15, 0.2) is 11.3 Å². The molecule has 8 aromatic rings. The first-order chi connectivity index (χ1) is 31.6. The van der Waals surface area contributed by atoms with Gasteiger partial charge in [0.2, 0.25) is 20.0 Å². The number of nitrogens with two attached hydrogens (primary N) is 2. The zero-order valence-corrected chi connectivity index (χ0v) is 38.7.